The summed E-state index contributed by atoms with van der Waals surface area (Å²) in [7, 11) is 1.74. The van der Waals surface area contributed by atoms with Crippen molar-refractivity contribution in [3.8, 4) is 0 Å². The minimum Gasteiger partial charge on any atom is -0.385 e. The van der Waals surface area contributed by atoms with Crippen molar-refractivity contribution in [2.45, 2.75) is 45.4 Å². The molecule has 0 aromatic carbocycles. The van der Waals surface area contributed by atoms with Crippen molar-refractivity contribution < 1.29 is 4.74 Å². The largest absolute Gasteiger partial charge is 0.385 e. The number of hydrogen-bond acceptors (Lipinski definition) is 2. The normalized spacial score (nSPS) is 27.5. The molecule has 0 aromatic rings. The van der Waals surface area contributed by atoms with Gasteiger partial charge in [-0.1, -0.05) is 6.42 Å². The van der Waals surface area contributed by atoms with Crippen LogP contribution in [0.2, 0.25) is 0 Å². The van der Waals surface area contributed by atoms with Gasteiger partial charge in [-0.05, 0) is 56.8 Å². The van der Waals surface area contributed by atoms with E-state index in [1.54, 1.807) is 7.11 Å². The minimum absolute atomic E-state index is 0. The third-order valence-electron chi connectivity index (χ3n) is 4.81. The van der Waals surface area contributed by atoms with Crippen molar-refractivity contribution in [2.75, 3.05) is 33.4 Å². The lowest BCUT2D eigenvalue weighted by atomic mass is 9.86. The highest BCUT2D eigenvalue weighted by molar-refractivity contribution is 14.0. The number of ether oxygens (including phenoxy) is 1. The molecule has 2 aliphatic rings. The second-order valence-corrected chi connectivity index (χ2v) is 6.26. The molecule has 5 heteroatoms. The Bertz CT molecular complexity index is 312. The lowest BCUT2D eigenvalue weighted by Gasteiger charge is -2.22. The highest BCUT2D eigenvalue weighted by Gasteiger charge is 2.38. The molecule has 0 radical (unpaired) electrons. The van der Waals surface area contributed by atoms with Crippen LogP contribution >= 0.6 is 24.0 Å². The fourth-order valence-electron chi connectivity index (χ4n) is 3.85. The summed E-state index contributed by atoms with van der Waals surface area (Å²) in [5.41, 5.74) is 0. The first-order valence-corrected chi connectivity index (χ1v) is 8.34. The van der Waals surface area contributed by atoms with Gasteiger partial charge in [0.05, 0.1) is 0 Å². The van der Waals surface area contributed by atoms with Crippen LogP contribution in [0, 0.1) is 17.8 Å². The predicted octanol–water partition coefficient (Wildman–Crippen LogP) is 3.02. The summed E-state index contributed by atoms with van der Waals surface area (Å²) in [4.78, 5) is 4.58. The standard InChI is InChI=1S/C16H31N3O.HI/c1-3-17-16(18-8-4-10-20-2)19-9-7-15-12-13-5-6-14(15)11-13;/h13-15H,3-12H2,1-2H3,(H2,17,18,19);1H. The van der Waals surface area contributed by atoms with Crippen LogP contribution in [0.4, 0.5) is 0 Å². The highest BCUT2D eigenvalue weighted by Crippen LogP contribution is 2.49. The van der Waals surface area contributed by atoms with Crippen LogP contribution in [0.1, 0.15) is 45.4 Å². The van der Waals surface area contributed by atoms with E-state index in [-0.39, 0.29) is 24.0 Å². The fourth-order valence-corrected chi connectivity index (χ4v) is 3.85. The van der Waals surface area contributed by atoms with Gasteiger partial charge in [-0.2, -0.15) is 0 Å². The molecule has 0 aliphatic heterocycles. The molecule has 2 bridgehead atoms. The molecule has 0 amide bonds. The van der Waals surface area contributed by atoms with E-state index in [1.807, 2.05) is 0 Å². The maximum Gasteiger partial charge on any atom is 0.191 e. The number of aliphatic imine (C=N–C) groups is 1. The summed E-state index contributed by atoms with van der Waals surface area (Å²) >= 11 is 0. The van der Waals surface area contributed by atoms with Crippen molar-refractivity contribution in [1.29, 1.82) is 0 Å². The van der Waals surface area contributed by atoms with E-state index in [1.165, 1.54) is 32.1 Å². The molecule has 0 saturated heterocycles. The van der Waals surface area contributed by atoms with Crippen LogP contribution in [-0.4, -0.2) is 39.3 Å². The molecule has 124 valence electrons. The maximum absolute atomic E-state index is 5.05. The van der Waals surface area contributed by atoms with Gasteiger partial charge >= 0.3 is 0 Å². The topological polar surface area (TPSA) is 45.7 Å². The average Bonchev–Trinajstić information content (AvgIpc) is 3.06. The van der Waals surface area contributed by atoms with Gasteiger partial charge in [0.2, 0.25) is 0 Å². The Hall–Kier alpha value is -0.0400. The van der Waals surface area contributed by atoms with Gasteiger partial charge in [0.1, 0.15) is 0 Å². The lowest BCUT2D eigenvalue weighted by Crippen LogP contribution is -2.38. The molecule has 0 heterocycles. The number of rotatable bonds is 8. The molecule has 2 fully saturated rings. The molecule has 3 atom stereocenters. The van der Waals surface area contributed by atoms with Crippen LogP contribution in [0.5, 0.6) is 0 Å². The van der Waals surface area contributed by atoms with Crippen LogP contribution in [-0.2, 0) is 4.74 Å². The number of halogens is 1. The minimum atomic E-state index is 0. The van der Waals surface area contributed by atoms with Crippen molar-refractivity contribution in [1.82, 2.24) is 10.6 Å². The first-order valence-electron chi connectivity index (χ1n) is 8.34. The zero-order chi connectivity index (χ0) is 14.2. The fraction of sp³-hybridized carbons (Fsp3) is 0.938. The van der Waals surface area contributed by atoms with Crippen LogP contribution in [0.25, 0.3) is 0 Å². The first-order chi connectivity index (χ1) is 9.83. The van der Waals surface area contributed by atoms with Crippen LogP contribution in [0.3, 0.4) is 0 Å². The zero-order valence-electron chi connectivity index (χ0n) is 13.6. The molecule has 3 unspecified atom stereocenters. The summed E-state index contributed by atoms with van der Waals surface area (Å²) in [5.74, 6) is 4.02. The van der Waals surface area contributed by atoms with Crippen molar-refractivity contribution >= 4 is 29.9 Å². The lowest BCUT2D eigenvalue weighted by molar-refractivity contribution is 0.197. The summed E-state index contributed by atoms with van der Waals surface area (Å²) < 4.78 is 5.05. The van der Waals surface area contributed by atoms with Gasteiger partial charge in [-0.15, -0.1) is 24.0 Å². The Balaban J connectivity index is 0.00000220. The van der Waals surface area contributed by atoms with E-state index >= 15 is 0 Å². The summed E-state index contributed by atoms with van der Waals surface area (Å²) in [6.45, 7) is 5.71. The predicted molar refractivity (Wildman–Crippen MR) is 99.4 cm³/mol. The summed E-state index contributed by atoms with van der Waals surface area (Å²) in [6.07, 6.45) is 8.27. The Morgan fingerprint density at radius 2 is 2.10 bits per heavy atom. The second-order valence-electron chi connectivity index (χ2n) is 6.26. The molecule has 2 aliphatic carbocycles. The molecule has 21 heavy (non-hydrogen) atoms. The van der Waals surface area contributed by atoms with Gasteiger partial charge in [-0.25, -0.2) is 0 Å². The van der Waals surface area contributed by atoms with E-state index in [0.717, 1.165) is 56.4 Å². The Morgan fingerprint density at radius 3 is 2.71 bits per heavy atom. The molecule has 2 rings (SSSR count). The Morgan fingerprint density at radius 1 is 1.24 bits per heavy atom. The van der Waals surface area contributed by atoms with Crippen LogP contribution in [0.15, 0.2) is 4.99 Å². The SMILES string of the molecule is CCNC(=NCCCOC)NCCC1CC2CCC1C2.I. The van der Waals surface area contributed by atoms with E-state index in [0.29, 0.717) is 0 Å². The maximum atomic E-state index is 5.05. The van der Waals surface area contributed by atoms with Gasteiger partial charge < -0.3 is 15.4 Å². The Labute approximate surface area is 146 Å². The molecule has 4 nitrogen and oxygen atoms in total. The Kier molecular flexibility index (Phi) is 9.64. The number of fused-ring (bicyclic) bond motifs is 2. The summed E-state index contributed by atoms with van der Waals surface area (Å²) in [5, 5.41) is 6.80. The summed E-state index contributed by atoms with van der Waals surface area (Å²) in [6, 6.07) is 0. The number of methoxy groups -OCH3 is 1. The first kappa shape index (κ1) is 19.0. The number of nitrogens with zero attached hydrogens (tertiary/aromatic N) is 1. The van der Waals surface area contributed by atoms with Crippen molar-refractivity contribution in [3.05, 3.63) is 0 Å². The number of guanidine groups is 1. The van der Waals surface area contributed by atoms with Crippen molar-refractivity contribution in [3.63, 3.8) is 0 Å². The van der Waals surface area contributed by atoms with Gasteiger partial charge in [0, 0.05) is 33.4 Å². The average molecular weight is 409 g/mol. The third kappa shape index (κ3) is 6.30. The molecule has 0 aromatic heterocycles. The van der Waals surface area contributed by atoms with Gasteiger partial charge in [0.25, 0.3) is 0 Å². The monoisotopic (exact) mass is 409 g/mol. The highest BCUT2D eigenvalue weighted by atomic mass is 127. The van der Waals surface area contributed by atoms with E-state index in [4.69, 9.17) is 4.74 Å². The quantitative estimate of drug-likeness (QED) is 0.280. The molecule has 2 saturated carbocycles. The zero-order valence-corrected chi connectivity index (χ0v) is 15.9. The number of nitrogens with one attached hydrogen (secondary N) is 2. The smallest absolute Gasteiger partial charge is 0.191 e. The third-order valence-corrected chi connectivity index (χ3v) is 4.81. The molecular weight excluding hydrogens is 377 g/mol. The van der Waals surface area contributed by atoms with E-state index in [9.17, 15) is 0 Å². The van der Waals surface area contributed by atoms with E-state index in [2.05, 4.69) is 22.5 Å². The van der Waals surface area contributed by atoms with Crippen molar-refractivity contribution in [2.24, 2.45) is 22.7 Å². The van der Waals surface area contributed by atoms with Gasteiger partial charge in [0.15, 0.2) is 5.96 Å². The van der Waals surface area contributed by atoms with Crippen LogP contribution < -0.4 is 10.6 Å². The van der Waals surface area contributed by atoms with Gasteiger partial charge in [-0.3, -0.25) is 4.99 Å². The molecular formula is C16H32IN3O. The number of hydrogen-bond donors (Lipinski definition) is 2. The molecule has 2 N–H and O–H groups in total. The van der Waals surface area contributed by atoms with E-state index < -0.39 is 0 Å². The molecule has 0 spiro atoms. The second kappa shape index (κ2) is 10.6.